The van der Waals surface area contributed by atoms with Gasteiger partial charge in [0, 0.05) is 31.1 Å². The summed E-state index contributed by atoms with van der Waals surface area (Å²) in [7, 11) is 0. The molecule has 3 rings (SSSR count). The highest BCUT2D eigenvalue weighted by Crippen LogP contribution is 2.31. The first kappa shape index (κ1) is 18.2. The molecule has 25 heavy (non-hydrogen) atoms. The van der Waals surface area contributed by atoms with Gasteiger partial charge in [-0.3, -0.25) is 4.79 Å². The summed E-state index contributed by atoms with van der Waals surface area (Å²) < 4.78 is 6.02. The highest BCUT2D eigenvalue weighted by Gasteiger charge is 2.27. The van der Waals surface area contributed by atoms with E-state index >= 15 is 0 Å². The van der Waals surface area contributed by atoms with Crippen LogP contribution in [-0.2, 0) is 4.74 Å². The molecule has 0 radical (unpaired) electrons. The number of ether oxygens (including phenoxy) is 1. The minimum Gasteiger partial charge on any atom is -0.372 e. The Hall–Kier alpha value is -1.59. The molecule has 1 heterocycles. The molecule has 6 heteroatoms. The molecular formula is C19H20Cl2N2O2. The third-order valence-corrected chi connectivity index (χ3v) is 4.98. The number of hydrogen-bond donors (Lipinski definition) is 2. The van der Waals surface area contributed by atoms with Gasteiger partial charge < -0.3 is 15.4 Å². The van der Waals surface area contributed by atoms with Gasteiger partial charge in [-0.15, -0.1) is 0 Å². The van der Waals surface area contributed by atoms with Crippen LogP contribution in [-0.4, -0.2) is 32.1 Å². The monoisotopic (exact) mass is 378 g/mol. The minimum absolute atomic E-state index is 0.0854. The van der Waals surface area contributed by atoms with Gasteiger partial charge in [-0.05, 0) is 29.8 Å². The van der Waals surface area contributed by atoms with Gasteiger partial charge in [0.25, 0.3) is 5.91 Å². The predicted octanol–water partition coefficient (Wildman–Crippen LogP) is 3.70. The fraction of sp³-hybridized carbons (Fsp3) is 0.316. The number of halogens is 2. The maximum atomic E-state index is 12.3. The molecule has 0 aliphatic carbocycles. The summed E-state index contributed by atoms with van der Waals surface area (Å²) in [4.78, 5) is 12.3. The average Bonchev–Trinajstić information content (AvgIpc) is 2.88. The Morgan fingerprint density at radius 2 is 1.96 bits per heavy atom. The molecule has 2 N–H and O–H groups in total. The van der Waals surface area contributed by atoms with E-state index in [9.17, 15) is 4.79 Å². The summed E-state index contributed by atoms with van der Waals surface area (Å²) >= 11 is 12.2. The van der Waals surface area contributed by atoms with Crippen LogP contribution in [0.1, 0.15) is 22.0 Å². The molecule has 1 amide bonds. The number of carbonyl (C=O) groups excluding carboxylic acids is 1. The van der Waals surface area contributed by atoms with Crippen LogP contribution in [0.3, 0.4) is 0 Å². The van der Waals surface area contributed by atoms with Crippen molar-refractivity contribution < 1.29 is 9.53 Å². The SMILES string of the molecule is O=C(NCC1CNCCOC1c1ccc(Cl)c(Cl)c1)c1ccccc1. The zero-order valence-corrected chi connectivity index (χ0v) is 15.2. The van der Waals surface area contributed by atoms with Crippen molar-refractivity contribution in [1.29, 1.82) is 0 Å². The lowest BCUT2D eigenvalue weighted by molar-refractivity contribution is 0.0306. The van der Waals surface area contributed by atoms with Gasteiger partial charge in [-0.25, -0.2) is 0 Å². The third-order valence-electron chi connectivity index (χ3n) is 4.24. The smallest absolute Gasteiger partial charge is 0.251 e. The van der Waals surface area contributed by atoms with Crippen molar-refractivity contribution in [3.05, 3.63) is 69.7 Å². The van der Waals surface area contributed by atoms with E-state index in [4.69, 9.17) is 27.9 Å². The van der Waals surface area contributed by atoms with Crippen LogP contribution in [0.15, 0.2) is 48.5 Å². The molecule has 1 aliphatic rings. The van der Waals surface area contributed by atoms with Crippen molar-refractivity contribution in [2.24, 2.45) is 5.92 Å². The third kappa shape index (κ3) is 4.73. The molecule has 2 unspecified atom stereocenters. The minimum atomic E-state index is -0.152. The summed E-state index contributed by atoms with van der Waals surface area (Å²) in [6.07, 6.45) is -0.152. The lowest BCUT2D eigenvalue weighted by Crippen LogP contribution is -2.36. The van der Waals surface area contributed by atoms with Crippen molar-refractivity contribution in [2.75, 3.05) is 26.2 Å². The van der Waals surface area contributed by atoms with Gasteiger partial charge in [0.15, 0.2) is 0 Å². The summed E-state index contributed by atoms with van der Waals surface area (Å²) in [6.45, 7) is 2.64. The van der Waals surface area contributed by atoms with Gasteiger partial charge in [-0.1, -0.05) is 47.5 Å². The standard InChI is InChI=1S/C19H20Cl2N2O2/c20-16-7-6-14(10-17(16)21)18-15(11-22-8-9-25-18)12-23-19(24)13-4-2-1-3-5-13/h1-7,10,15,18,22H,8-9,11-12H2,(H,23,24). The normalized spacial score (nSPS) is 20.7. The summed E-state index contributed by atoms with van der Waals surface area (Å²) in [5.41, 5.74) is 1.62. The van der Waals surface area contributed by atoms with E-state index in [-0.39, 0.29) is 17.9 Å². The Labute approximate surface area is 157 Å². The van der Waals surface area contributed by atoms with Crippen LogP contribution in [0.2, 0.25) is 10.0 Å². The van der Waals surface area contributed by atoms with E-state index in [0.29, 0.717) is 28.8 Å². The second-order valence-corrected chi connectivity index (χ2v) is 6.82. The average molecular weight is 379 g/mol. The van der Waals surface area contributed by atoms with Crippen molar-refractivity contribution in [1.82, 2.24) is 10.6 Å². The number of nitrogens with one attached hydrogen (secondary N) is 2. The first-order valence-electron chi connectivity index (χ1n) is 8.25. The van der Waals surface area contributed by atoms with Gasteiger partial charge >= 0.3 is 0 Å². The van der Waals surface area contributed by atoms with Crippen molar-refractivity contribution in [3.63, 3.8) is 0 Å². The molecule has 132 valence electrons. The van der Waals surface area contributed by atoms with Gasteiger partial charge in [-0.2, -0.15) is 0 Å². The fourth-order valence-electron chi connectivity index (χ4n) is 2.94. The molecule has 1 aliphatic heterocycles. The zero-order valence-electron chi connectivity index (χ0n) is 13.7. The topological polar surface area (TPSA) is 50.4 Å². The Bertz CT molecular complexity index is 725. The van der Waals surface area contributed by atoms with Crippen LogP contribution in [0.25, 0.3) is 0 Å². The zero-order chi connectivity index (χ0) is 17.6. The van der Waals surface area contributed by atoms with Crippen molar-refractivity contribution >= 4 is 29.1 Å². The number of hydrogen-bond acceptors (Lipinski definition) is 3. The molecule has 2 atom stereocenters. The van der Waals surface area contributed by atoms with Crippen LogP contribution in [0.5, 0.6) is 0 Å². The number of benzene rings is 2. The van der Waals surface area contributed by atoms with Crippen LogP contribution in [0.4, 0.5) is 0 Å². The molecule has 0 saturated carbocycles. The lowest BCUT2D eigenvalue weighted by atomic mass is 9.95. The van der Waals surface area contributed by atoms with E-state index in [1.807, 2.05) is 30.3 Å². The van der Waals surface area contributed by atoms with Gasteiger partial charge in [0.2, 0.25) is 0 Å². The number of carbonyl (C=O) groups is 1. The second-order valence-electron chi connectivity index (χ2n) is 6.01. The van der Waals surface area contributed by atoms with Crippen molar-refractivity contribution in [2.45, 2.75) is 6.10 Å². The van der Waals surface area contributed by atoms with E-state index in [1.165, 1.54) is 0 Å². The van der Waals surface area contributed by atoms with Gasteiger partial charge in [0.1, 0.15) is 0 Å². The molecule has 0 spiro atoms. The maximum Gasteiger partial charge on any atom is 0.251 e. The number of rotatable bonds is 4. The molecule has 4 nitrogen and oxygen atoms in total. The Kier molecular flexibility index (Phi) is 6.32. The lowest BCUT2D eigenvalue weighted by Gasteiger charge is -2.25. The molecule has 0 bridgehead atoms. The summed E-state index contributed by atoms with van der Waals surface area (Å²) in [5, 5.41) is 7.38. The summed E-state index contributed by atoms with van der Waals surface area (Å²) in [5.74, 6) is 0.00476. The maximum absolute atomic E-state index is 12.3. The quantitative estimate of drug-likeness (QED) is 0.852. The molecular weight excluding hydrogens is 359 g/mol. The highest BCUT2D eigenvalue weighted by molar-refractivity contribution is 6.42. The van der Waals surface area contributed by atoms with Crippen LogP contribution >= 0.6 is 23.2 Å². The largest absolute Gasteiger partial charge is 0.372 e. The van der Waals surface area contributed by atoms with Crippen LogP contribution in [0, 0.1) is 5.92 Å². The Morgan fingerprint density at radius 1 is 1.16 bits per heavy atom. The van der Waals surface area contributed by atoms with Crippen molar-refractivity contribution in [3.8, 4) is 0 Å². The Balaban J connectivity index is 1.72. The number of amides is 1. The van der Waals surface area contributed by atoms with Crippen LogP contribution < -0.4 is 10.6 Å². The van der Waals surface area contributed by atoms with E-state index in [0.717, 1.165) is 18.7 Å². The predicted molar refractivity (Wildman–Crippen MR) is 100 cm³/mol. The second kappa shape index (κ2) is 8.68. The van der Waals surface area contributed by atoms with Gasteiger partial charge in [0.05, 0.1) is 22.8 Å². The van der Waals surface area contributed by atoms with E-state index in [1.54, 1.807) is 18.2 Å². The molecule has 1 saturated heterocycles. The summed E-state index contributed by atoms with van der Waals surface area (Å²) in [6, 6.07) is 14.7. The molecule has 2 aromatic rings. The highest BCUT2D eigenvalue weighted by atomic mass is 35.5. The Morgan fingerprint density at radius 3 is 2.72 bits per heavy atom. The first-order valence-corrected chi connectivity index (χ1v) is 9.01. The van der Waals surface area contributed by atoms with E-state index < -0.39 is 0 Å². The molecule has 0 aromatic heterocycles. The first-order chi connectivity index (χ1) is 12.1. The fourth-order valence-corrected chi connectivity index (χ4v) is 3.25. The molecule has 2 aromatic carbocycles. The molecule has 1 fully saturated rings. The van der Waals surface area contributed by atoms with E-state index in [2.05, 4.69) is 10.6 Å².